The fourth-order valence-corrected chi connectivity index (χ4v) is 3.00. The quantitative estimate of drug-likeness (QED) is 0.778. The van der Waals surface area contributed by atoms with Gasteiger partial charge in [-0.1, -0.05) is 5.16 Å². The van der Waals surface area contributed by atoms with E-state index >= 15 is 0 Å². The van der Waals surface area contributed by atoms with Crippen molar-refractivity contribution in [1.82, 2.24) is 15.5 Å². The number of carbonyl (C=O) groups is 2. The number of aryl methyl sites for hydroxylation is 1. The third-order valence-electron chi connectivity index (χ3n) is 4.45. The number of nitriles is 1. The van der Waals surface area contributed by atoms with Crippen molar-refractivity contribution in [2.75, 3.05) is 29.9 Å². The van der Waals surface area contributed by atoms with E-state index in [0.717, 1.165) is 25.9 Å². The van der Waals surface area contributed by atoms with Crippen LogP contribution >= 0.6 is 0 Å². The number of anilines is 2. The number of hydrogen-bond acceptors (Lipinski definition) is 7. The maximum Gasteiger partial charge on any atom is 0.314 e. The SMILES string of the molecule is Cc1cc(NC(=O)C(=O)NCC2CCN(c3ncccc3C#N)CC2)no1. The Morgan fingerprint density at radius 3 is 2.81 bits per heavy atom. The molecule has 2 aromatic heterocycles. The first-order valence-corrected chi connectivity index (χ1v) is 8.69. The summed E-state index contributed by atoms with van der Waals surface area (Å²) in [5.41, 5.74) is 0.559. The molecular formula is C18H20N6O3. The Hall–Kier alpha value is -3.41. The predicted molar refractivity (Wildman–Crippen MR) is 96.8 cm³/mol. The normalized spacial score (nSPS) is 14.4. The van der Waals surface area contributed by atoms with Crippen LogP contribution in [0.2, 0.25) is 0 Å². The number of hydrogen-bond donors (Lipinski definition) is 2. The van der Waals surface area contributed by atoms with Gasteiger partial charge in [0, 0.05) is 31.9 Å². The van der Waals surface area contributed by atoms with Gasteiger partial charge in [-0.3, -0.25) is 14.9 Å². The van der Waals surface area contributed by atoms with Gasteiger partial charge in [0.25, 0.3) is 0 Å². The molecule has 1 aliphatic heterocycles. The zero-order valence-corrected chi connectivity index (χ0v) is 14.9. The van der Waals surface area contributed by atoms with Gasteiger partial charge in [-0.05, 0) is 37.8 Å². The van der Waals surface area contributed by atoms with Crippen molar-refractivity contribution in [2.45, 2.75) is 19.8 Å². The summed E-state index contributed by atoms with van der Waals surface area (Å²) in [5.74, 6) is 0.253. The van der Waals surface area contributed by atoms with E-state index < -0.39 is 11.8 Å². The van der Waals surface area contributed by atoms with E-state index in [0.29, 0.717) is 23.7 Å². The van der Waals surface area contributed by atoms with Gasteiger partial charge in [-0.15, -0.1) is 0 Å². The molecule has 9 heteroatoms. The fraction of sp³-hybridized carbons (Fsp3) is 0.389. The van der Waals surface area contributed by atoms with Crippen molar-refractivity contribution in [3.63, 3.8) is 0 Å². The molecule has 3 rings (SSSR count). The maximum atomic E-state index is 11.9. The van der Waals surface area contributed by atoms with E-state index in [1.165, 1.54) is 6.07 Å². The van der Waals surface area contributed by atoms with Gasteiger partial charge in [-0.25, -0.2) is 4.98 Å². The molecule has 0 saturated carbocycles. The number of carbonyl (C=O) groups excluding carboxylic acids is 2. The third-order valence-corrected chi connectivity index (χ3v) is 4.45. The highest BCUT2D eigenvalue weighted by Crippen LogP contribution is 2.23. The number of nitrogens with zero attached hydrogens (tertiary/aromatic N) is 4. The molecule has 0 bridgehead atoms. The molecule has 3 heterocycles. The Bertz CT molecular complexity index is 864. The fourth-order valence-electron chi connectivity index (χ4n) is 3.00. The van der Waals surface area contributed by atoms with Gasteiger partial charge in [0.2, 0.25) is 0 Å². The van der Waals surface area contributed by atoms with E-state index in [2.05, 4.69) is 31.7 Å². The number of amides is 2. The van der Waals surface area contributed by atoms with Crippen LogP contribution in [-0.4, -0.2) is 41.6 Å². The number of aromatic nitrogens is 2. The number of pyridine rings is 1. The molecule has 2 aromatic rings. The number of nitrogens with one attached hydrogen (secondary N) is 2. The van der Waals surface area contributed by atoms with Crippen molar-refractivity contribution in [3.05, 3.63) is 35.7 Å². The molecule has 0 aromatic carbocycles. The monoisotopic (exact) mass is 368 g/mol. The molecule has 1 saturated heterocycles. The van der Waals surface area contributed by atoms with Crippen molar-refractivity contribution in [1.29, 1.82) is 5.26 Å². The van der Waals surface area contributed by atoms with Gasteiger partial charge in [0.15, 0.2) is 5.82 Å². The van der Waals surface area contributed by atoms with Crippen LogP contribution in [0.3, 0.4) is 0 Å². The van der Waals surface area contributed by atoms with E-state index in [-0.39, 0.29) is 11.7 Å². The maximum absolute atomic E-state index is 11.9. The third kappa shape index (κ3) is 4.61. The molecule has 0 aliphatic carbocycles. The van der Waals surface area contributed by atoms with Crippen LogP contribution < -0.4 is 15.5 Å². The molecule has 2 N–H and O–H groups in total. The summed E-state index contributed by atoms with van der Waals surface area (Å²) in [4.78, 5) is 30.2. The molecule has 0 spiro atoms. The van der Waals surface area contributed by atoms with Crippen LogP contribution in [0.25, 0.3) is 0 Å². The lowest BCUT2D eigenvalue weighted by atomic mass is 9.96. The van der Waals surface area contributed by atoms with Crippen LogP contribution in [0.15, 0.2) is 28.9 Å². The number of rotatable bonds is 4. The summed E-state index contributed by atoms with van der Waals surface area (Å²) in [7, 11) is 0. The van der Waals surface area contributed by atoms with Crippen LogP contribution in [0.1, 0.15) is 24.2 Å². The molecule has 0 radical (unpaired) electrons. The van der Waals surface area contributed by atoms with Gasteiger partial charge in [-0.2, -0.15) is 5.26 Å². The zero-order chi connectivity index (χ0) is 19.2. The zero-order valence-electron chi connectivity index (χ0n) is 14.9. The van der Waals surface area contributed by atoms with Crippen molar-refractivity contribution in [2.24, 2.45) is 5.92 Å². The van der Waals surface area contributed by atoms with Crippen molar-refractivity contribution < 1.29 is 14.1 Å². The summed E-state index contributed by atoms with van der Waals surface area (Å²) in [6.45, 7) is 3.61. The van der Waals surface area contributed by atoms with E-state index in [1.54, 1.807) is 25.3 Å². The minimum atomic E-state index is -0.770. The Morgan fingerprint density at radius 1 is 1.37 bits per heavy atom. The summed E-state index contributed by atoms with van der Waals surface area (Å²) < 4.78 is 4.84. The largest absolute Gasteiger partial charge is 0.360 e. The average Bonchev–Trinajstić information content (AvgIpc) is 3.11. The Morgan fingerprint density at radius 2 is 2.15 bits per heavy atom. The first-order valence-electron chi connectivity index (χ1n) is 8.69. The summed E-state index contributed by atoms with van der Waals surface area (Å²) in [6.07, 6.45) is 3.36. The van der Waals surface area contributed by atoms with Crippen molar-refractivity contribution in [3.8, 4) is 6.07 Å². The van der Waals surface area contributed by atoms with E-state index in [1.807, 2.05) is 0 Å². The second-order valence-corrected chi connectivity index (χ2v) is 6.40. The molecule has 0 atom stereocenters. The molecular weight excluding hydrogens is 348 g/mol. The van der Waals surface area contributed by atoms with Gasteiger partial charge in [0.05, 0.1) is 5.56 Å². The van der Waals surface area contributed by atoms with Crippen molar-refractivity contribution >= 4 is 23.5 Å². The first kappa shape index (κ1) is 18.4. The molecule has 140 valence electrons. The molecule has 9 nitrogen and oxygen atoms in total. The highest BCUT2D eigenvalue weighted by Gasteiger charge is 2.23. The van der Waals surface area contributed by atoms with E-state index in [4.69, 9.17) is 4.52 Å². The minimum absolute atomic E-state index is 0.213. The van der Waals surface area contributed by atoms with Crippen LogP contribution in [0, 0.1) is 24.2 Å². The summed E-state index contributed by atoms with van der Waals surface area (Å²) in [6, 6.07) is 7.20. The Labute approximate surface area is 156 Å². The molecule has 27 heavy (non-hydrogen) atoms. The van der Waals surface area contributed by atoms with E-state index in [9.17, 15) is 14.9 Å². The standard InChI is InChI=1S/C18H20N6O3/c1-12-9-15(23-27-12)22-18(26)17(25)21-11-13-4-7-24(8-5-13)16-14(10-19)3-2-6-20-16/h2-3,6,9,13H,4-5,7-8,11H2,1H3,(H,21,25)(H,22,23,26). The predicted octanol–water partition coefficient (Wildman–Crippen LogP) is 1.22. The van der Waals surface area contributed by atoms with Gasteiger partial charge in [0.1, 0.15) is 17.6 Å². The Balaban J connectivity index is 1.44. The molecule has 1 aliphatic rings. The summed E-state index contributed by atoms with van der Waals surface area (Å²) >= 11 is 0. The van der Waals surface area contributed by atoms with Crippen LogP contribution in [-0.2, 0) is 9.59 Å². The molecule has 0 unspecified atom stereocenters. The lowest BCUT2D eigenvalue weighted by Crippen LogP contribution is -2.42. The lowest BCUT2D eigenvalue weighted by molar-refractivity contribution is -0.136. The average molecular weight is 368 g/mol. The molecule has 1 fully saturated rings. The smallest absolute Gasteiger partial charge is 0.314 e. The van der Waals surface area contributed by atoms with Crippen LogP contribution in [0.4, 0.5) is 11.6 Å². The second kappa shape index (κ2) is 8.31. The van der Waals surface area contributed by atoms with Crippen LogP contribution in [0.5, 0.6) is 0 Å². The van der Waals surface area contributed by atoms with Gasteiger partial charge >= 0.3 is 11.8 Å². The molecule has 2 amide bonds. The highest BCUT2D eigenvalue weighted by atomic mass is 16.5. The minimum Gasteiger partial charge on any atom is -0.360 e. The lowest BCUT2D eigenvalue weighted by Gasteiger charge is -2.33. The summed E-state index contributed by atoms with van der Waals surface area (Å²) in [5, 5.41) is 17.9. The second-order valence-electron chi connectivity index (χ2n) is 6.40. The van der Waals surface area contributed by atoms with Gasteiger partial charge < -0.3 is 14.7 Å². The Kier molecular flexibility index (Phi) is 5.66. The number of piperidine rings is 1. The first-order chi connectivity index (χ1) is 13.1. The highest BCUT2D eigenvalue weighted by molar-refractivity contribution is 6.39. The topological polar surface area (TPSA) is 124 Å².